The minimum absolute atomic E-state index is 0.0107. The summed E-state index contributed by atoms with van der Waals surface area (Å²) in [6.45, 7) is 5.34. The number of rotatable bonds is 5. The number of carboxylic acid groups (broad SMARTS) is 2. The number of fused-ring (bicyclic) bond motifs is 2. The van der Waals surface area contributed by atoms with Crippen molar-refractivity contribution in [2.45, 2.75) is 89.3 Å². The molecule has 206 valence electrons. The summed E-state index contributed by atoms with van der Waals surface area (Å²) in [5.41, 5.74) is 4.26. The molecule has 5 rings (SSSR count). The van der Waals surface area contributed by atoms with Gasteiger partial charge in [0.25, 0.3) is 0 Å². The van der Waals surface area contributed by atoms with E-state index in [9.17, 15) is 14.4 Å². The van der Waals surface area contributed by atoms with Gasteiger partial charge in [0.1, 0.15) is 6.10 Å². The highest BCUT2D eigenvalue weighted by molar-refractivity contribution is 5.90. The molecule has 8 heteroatoms. The third-order valence-corrected chi connectivity index (χ3v) is 8.22. The number of hydrogen-bond donors (Lipinski definition) is 2. The Bertz CT molecular complexity index is 1170. The van der Waals surface area contributed by atoms with Crippen LogP contribution in [0.4, 0.5) is 0 Å². The summed E-state index contributed by atoms with van der Waals surface area (Å²) in [6, 6.07) is 7.70. The van der Waals surface area contributed by atoms with Gasteiger partial charge in [0, 0.05) is 53.8 Å². The van der Waals surface area contributed by atoms with Crippen LogP contribution in [0.15, 0.2) is 36.5 Å². The molecule has 0 amide bonds. The van der Waals surface area contributed by atoms with E-state index in [1.54, 1.807) is 0 Å². The number of carbonyl (C=O) groups is 3. The Kier molecular flexibility index (Phi) is 8.92. The highest BCUT2D eigenvalue weighted by atomic mass is 16.5. The Labute approximate surface area is 224 Å². The van der Waals surface area contributed by atoms with Crippen LogP contribution < -0.4 is 0 Å². The molecule has 1 aromatic carbocycles. The van der Waals surface area contributed by atoms with Crippen molar-refractivity contribution in [3.05, 3.63) is 47.7 Å². The first-order valence-electron chi connectivity index (χ1n) is 13.8. The lowest BCUT2D eigenvalue weighted by Gasteiger charge is -2.45. The van der Waals surface area contributed by atoms with Crippen molar-refractivity contribution in [1.29, 1.82) is 0 Å². The van der Waals surface area contributed by atoms with Gasteiger partial charge in [-0.05, 0) is 76.6 Å². The molecule has 2 aliphatic carbocycles. The van der Waals surface area contributed by atoms with E-state index in [-0.39, 0.29) is 18.0 Å². The maximum atomic E-state index is 13.1. The maximum Gasteiger partial charge on any atom is 0.328 e. The van der Waals surface area contributed by atoms with Gasteiger partial charge in [0.05, 0.1) is 5.92 Å². The van der Waals surface area contributed by atoms with Crippen LogP contribution >= 0.6 is 0 Å². The number of piperidine rings is 1. The van der Waals surface area contributed by atoms with E-state index in [1.807, 2.05) is 0 Å². The van der Waals surface area contributed by atoms with Crippen molar-refractivity contribution in [3.8, 4) is 0 Å². The number of likely N-dealkylation sites (N-methyl/N-ethyl adjacent to an activating group) is 1. The van der Waals surface area contributed by atoms with Crippen LogP contribution in [0.2, 0.25) is 0 Å². The predicted molar refractivity (Wildman–Crippen MR) is 145 cm³/mol. The first-order chi connectivity index (χ1) is 18.2. The van der Waals surface area contributed by atoms with Crippen molar-refractivity contribution in [2.24, 2.45) is 5.92 Å². The lowest BCUT2D eigenvalue weighted by atomic mass is 9.72. The molecule has 0 bridgehead atoms. The average Bonchev–Trinajstić information content (AvgIpc) is 3.06. The molecule has 3 atom stereocenters. The largest absolute Gasteiger partial charge is 0.478 e. The van der Waals surface area contributed by atoms with E-state index in [0.717, 1.165) is 32.2 Å². The molecule has 2 fully saturated rings. The van der Waals surface area contributed by atoms with E-state index in [2.05, 4.69) is 54.8 Å². The van der Waals surface area contributed by atoms with E-state index in [4.69, 9.17) is 14.9 Å². The van der Waals surface area contributed by atoms with Crippen LogP contribution in [-0.4, -0.2) is 63.3 Å². The van der Waals surface area contributed by atoms with E-state index in [1.165, 1.54) is 47.7 Å². The van der Waals surface area contributed by atoms with Crippen LogP contribution in [-0.2, 0) is 25.5 Å². The molecular formula is C30H40N2O6. The number of aliphatic carboxylic acids is 2. The molecule has 0 spiro atoms. The number of hydrogen-bond acceptors (Lipinski definition) is 5. The van der Waals surface area contributed by atoms with Gasteiger partial charge >= 0.3 is 17.9 Å². The van der Waals surface area contributed by atoms with Gasteiger partial charge in [-0.1, -0.05) is 25.0 Å². The molecule has 2 aromatic rings. The monoisotopic (exact) mass is 524 g/mol. The van der Waals surface area contributed by atoms with Gasteiger partial charge in [-0.2, -0.15) is 0 Å². The molecule has 2 heterocycles. The highest BCUT2D eigenvalue weighted by Crippen LogP contribution is 2.45. The van der Waals surface area contributed by atoms with Crippen LogP contribution in [0.5, 0.6) is 0 Å². The summed E-state index contributed by atoms with van der Waals surface area (Å²) in [7, 11) is 2.20. The fourth-order valence-corrected chi connectivity index (χ4v) is 6.44. The summed E-state index contributed by atoms with van der Waals surface area (Å²) < 4.78 is 8.47. The minimum Gasteiger partial charge on any atom is -0.478 e. The second-order valence-corrected chi connectivity index (χ2v) is 11.2. The zero-order valence-electron chi connectivity index (χ0n) is 22.6. The lowest BCUT2D eigenvalue weighted by molar-refractivity contribution is -0.157. The molecular weight excluding hydrogens is 484 g/mol. The van der Waals surface area contributed by atoms with Gasteiger partial charge in [0.15, 0.2) is 0 Å². The maximum absolute atomic E-state index is 13.1. The van der Waals surface area contributed by atoms with Crippen LogP contribution in [0.1, 0.15) is 81.9 Å². The summed E-state index contributed by atoms with van der Waals surface area (Å²) in [4.78, 5) is 34.7. The van der Waals surface area contributed by atoms with Crippen molar-refractivity contribution in [3.63, 3.8) is 0 Å². The van der Waals surface area contributed by atoms with E-state index in [0.29, 0.717) is 30.2 Å². The zero-order valence-corrected chi connectivity index (χ0v) is 22.6. The Morgan fingerprint density at radius 1 is 1.03 bits per heavy atom. The third kappa shape index (κ3) is 6.29. The Balaban J connectivity index is 0.000000368. The fraction of sp³-hybridized carbons (Fsp3) is 0.567. The molecule has 38 heavy (non-hydrogen) atoms. The summed E-state index contributed by atoms with van der Waals surface area (Å²) in [6.07, 6.45) is 12.7. The molecule has 8 nitrogen and oxygen atoms in total. The van der Waals surface area contributed by atoms with E-state index < -0.39 is 11.9 Å². The number of esters is 1. The normalized spacial score (nSPS) is 23.9. The van der Waals surface area contributed by atoms with Crippen molar-refractivity contribution in [1.82, 2.24) is 9.47 Å². The second-order valence-electron chi connectivity index (χ2n) is 11.2. The molecule has 3 aliphatic rings. The number of carbonyl (C=O) groups excluding carboxylic acids is 1. The standard InChI is InChI=1S/C26H36N2O2.C4H4O4/c1-17(2)28-16-18-14-24-22(21-11-8-12-23(28)25(18)21)13-19(15-27(24)3)26(29)30-20-9-6-4-5-7-10-20;5-3(6)1-2-4(7)8/h8,11-12,16-17,19-20,22,24H,4-7,9-10,13-15H2,1-3H3;1-2H,(H,5,6)(H,7,8)/b;2-1-/t19-,22?,24?;/m1./s1. The first-order valence-corrected chi connectivity index (χ1v) is 13.8. The van der Waals surface area contributed by atoms with Gasteiger partial charge in [-0.3, -0.25) is 4.79 Å². The van der Waals surface area contributed by atoms with Crippen LogP contribution in [0.25, 0.3) is 10.9 Å². The average molecular weight is 525 g/mol. The quantitative estimate of drug-likeness (QED) is 0.316. The first kappa shape index (κ1) is 27.9. The molecule has 0 radical (unpaired) electrons. The lowest BCUT2D eigenvalue weighted by Crippen LogP contribution is -2.50. The topological polar surface area (TPSA) is 109 Å². The molecule has 2 unspecified atom stereocenters. The van der Waals surface area contributed by atoms with Crippen molar-refractivity contribution >= 4 is 28.8 Å². The van der Waals surface area contributed by atoms with E-state index >= 15 is 0 Å². The van der Waals surface area contributed by atoms with Gasteiger partial charge < -0.3 is 24.4 Å². The minimum atomic E-state index is -1.26. The second kappa shape index (κ2) is 12.2. The third-order valence-electron chi connectivity index (χ3n) is 8.22. The van der Waals surface area contributed by atoms with Gasteiger partial charge in [-0.25, -0.2) is 9.59 Å². The Hall–Kier alpha value is -3.13. The number of carboxylic acids is 2. The highest BCUT2D eigenvalue weighted by Gasteiger charge is 2.42. The fourth-order valence-electron chi connectivity index (χ4n) is 6.44. The number of likely N-dealkylation sites (tertiary alicyclic amines) is 1. The number of nitrogens with zero attached hydrogens (tertiary/aromatic N) is 2. The van der Waals surface area contributed by atoms with Crippen LogP contribution in [0.3, 0.4) is 0 Å². The summed E-state index contributed by atoms with van der Waals surface area (Å²) in [5.74, 6) is -2.07. The smallest absolute Gasteiger partial charge is 0.328 e. The van der Waals surface area contributed by atoms with Crippen LogP contribution in [0, 0.1) is 5.92 Å². The molecule has 1 aromatic heterocycles. The Morgan fingerprint density at radius 3 is 2.29 bits per heavy atom. The predicted octanol–water partition coefficient (Wildman–Crippen LogP) is 5.16. The number of ether oxygens (including phenoxy) is 1. The summed E-state index contributed by atoms with van der Waals surface area (Å²) in [5, 5.41) is 17.1. The SMILES string of the molecule is CC(C)n1cc2c3c(cccc31)C1C[C@@H](C(=O)OC3CCCCCC3)CN(C)C1C2.O=C(O)/C=C\C(=O)O. The number of aromatic nitrogens is 1. The molecule has 1 saturated carbocycles. The Morgan fingerprint density at radius 2 is 1.68 bits per heavy atom. The van der Waals surface area contributed by atoms with Crippen molar-refractivity contribution < 1.29 is 29.3 Å². The zero-order chi connectivity index (χ0) is 27.4. The molecule has 2 N–H and O–H groups in total. The summed E-state index contributed by atoms with van der Waals surface area (Å²) >= 11 is 0. The number of benzene rings is 1. The van der Waals surface area contributed by atoms with Gasteiger partial charge in [0.2, 0.25) is 0 Å². The molecule has 1 saturated heterocycles. The van der Waals surface area contributed by atoms with Gasteiger partial charge in [-0.15, -0.1) is 0 Å². The molecule has 1 aliphatic heterocycles. The van der Waals surface area contributed by atoms with Crippen molar-refractivity contribution in [2.75, 3.05) is 13.6 Å².